The summed E-state index contributed by atoms with van der Waals surface area (Å²) in [6.45, 7) is 1.17. The minimum atomic E-state index is -4.85. The van der Waals surface area contributed by atoms with Crippen LogP contribution in [0.4, 0.5) is 17.6 Å². The predicted octanol–water partition coefficient (Wildman–Crippen LogP) is 4.08. The molecule has 1 N–H and O–H groups in total. The molecule has 0 spiro atoms. The van der Waals surface area contributed by atoms with E-state index < -0.39 is 34.6 Å². The van der Waals surface area contributed by atoms with Crippen molar-refractivity contribution < 1.29 is 22.4 Å². The van der Waals surface area contributed by atoms with Gasteiger partial charge in [-0.25, -0.2) is 4.39 Å². The smallest absolute Gasteiger partial charge is 0.354 e. The second-order valence-corrected chi connectivity index (χ2v) is 6.60. The van der Waals surface area contributed by atoms with E-state index in [1.807, 2.05) is 6.07 Å². The van der Waals surface area contributed by atoms with Crippen molar-refractivity contribution in [3.8, 4) is 0 Å². The maximum atomic E-state index is 14.3. The number of amides is 1. The molecule has 0 aliphatic heterocycles. The van der Waals surface area contributed by atoms with Crippen LogP contribution in [0.5, 0.6) is 0 Å². The molecule has 0 bridgehead atoms. The third-order valence-electron chi connectivity index (χ3n) is 4.70. The number of rotatable bonds is 5. The van der Waals surface area contributed by atoms with Crippen LogP contribution >= 0.6 is 0 Å². The molecule has 1 aromatic heterocycles. The molecular formula is C21H18F4N2O2. The first kappa shape index (κ1) is 20.6. The van der Waals surface area contributed by atoms with Gasteiger partial charge in [-0.05, 0) is 24.6 Å². The van der Waals surface area contributed by atoms with Crippen LogP contribution in [-0.4, -0.2) is 17.0 Å². The van der Waals surface area contributed by atoms with Gasteiger partial charge in [-0.3, -0.25) is 9.59 Å². The average Bonchev–Trinajstić information content (AvgIpc) is 2.69. The Morgan fingerprint density at radius 2 is 1.79 bits per heavy atom. The van der Waals surface area contributed by atoms with E-state index in [2.05, 4.69) is 5.32 Å². The first-order valence-corrected chi connectivity index (χ1v) is 8.92. The molecule has 0 radical (unpaired) electrons. The number of carbonyl (C=O) groups excluding carboxylic acids is 1. The first-order valence-electron chi connectivity index (χ1n) is 8.92. The summed E-state index contributed by atoms with van der Waals surface area (Å²) >= 11 is 0. The summed E-state index contributed by atoms with van der Waals surface area (Å²) in [5.74, 6) is -1.80. The van der Waals surface area contributed by atoms with Crippen molar-refractivity contribution >= 4 is 16.8 Å². The number of nitrogens with zero attached hydrogens (tertiary/aromatic N) is 1. The van der Waals surface area contributed by atoms with E-state index in [1.165, 1.54) is 12.1 Å². The molecule has 1 amide bonds. The van der Waals surface area contributed by atoms with Gasteiger partial charge >= 0.3 is 6.18 Å². The lowest BCUT2D eigenvalue weighted by molar-refractivity contribution is -0.143. The van der Waals surface area contributed by atoms with Gasteiger partial charge in [0.2, 0.25) is 5.91 Å². The number of fused-ring (bicyclic) bond motifs is 1. The molecule has 1 heterocycles. The van der Waals surface area contributed by atoms with E-state index in [0.717, 1.165) is 11.6 Å². The quantitative estimate of drug-likeness (QED) is 0.650. The lowest BCUT2D eigenvalue weighted by atomic mass is 10.0. The Hall–Kier alpha value is -3.16. The van der Waals surface area contributed by atoms with Crippen molar-refractivity contribution in [2.24, 2.45) is 0 Å². The third-order valence-corrected chi connectivity index (χ3v) is 4.70. The van der Waals surface area contributed by atoms with E-state index in [0.29, 0.717) is 10.6 Å². The van der Waals surface area contributed by atoms with Crippen molar-refractivity contribution in [1.82, 2.24) is 9.88 Å². The van der Waals surface area contributed by atoms with Crippen molar-refractivity contribution in [3.63, 3.8) is 0 Å². The van der Waals surface area contributed by atoms with Crippen LogP contribution in [0.25, 0.3) is 10.9 Å². The number of hydrogen-bond acceptors (Lipinski definition) is 2. The van der Waals surface area contributed by atoms with E-state index >= 15 is 0 Å². The zero-order valence-electron chi connectivity index (χ0n) is 15.5. The molecule has 0 saturated heterocycles. The zero-order chi connectivity index (χ0) is 21.2. The van der Waals surface area contributed by atoms with Gasteiger partial charge in [0, 0.05) is 24.5 Å². The Balaban J connectivity index is 1.89. The highest BCUT2D eigenvalue weighted by Gasteiger charge is 2.35. The molecule has 0 fully saturated rings. The Morgan fingerprint density at radius 1 is 1.10 bits per heavy atom. The van der Waals surface area contributed by atoms with Crippen LogP contribution in [0, 0.1) is 5.82 Å². The van der Waals surface area contributed by atoms with Crippen molar-refractivity contribution in [2.75, 3.05) is 6.54 Å². The molecule has 0 aliphatic rings. The first-order chi connectivity index (χ1) is 13.7. The molecule has 152 valence electrons. The number of aromatic nitrogens is 1. The van der Waals surface area contributed by atoms with Gasteiger partial charge in [0.1, 0.15) is 11.5 Å². The monoisotopic (exact) mass is 406 g/mol. The molecule has 3 aromatic rings. The lowest BCUT2D eigenvalue weighted by Gasteiger charge is -2.20. The molecule has 3 rings (SSSR count). The fourth-order valence-corrected chi connectivity index (χ4v) is 3.19. The molecule has 0 aliphatic carbocycles. The molecule has 4 nitrogen and oxygen atoms in total. The zero-order valence-corrected chi connectivity index (χ0v) is 15.5. The van der Waals surface area contributed by atoms with Crippen LogP contribution < -0.4 is 10.7 Å². The van der Waals surface area contributed by atoms with E-state index in [-0.39, 0.29) is 24.4 Å². The molecular weight excluding hydrogens is 388 g/mol. The van der Waals surface area contributed by atoms with Crippen molar-refractivity contribution in [1.29, 1.82) is 0 Å². The Labute approximate surface area is 163 Å². The third kappa shape index (κ3) is 4.31. The van der Waals surface area contributed by atoms with Crippen LogP contribution in [0.1, 0.15) is 24.1 Å². The van der Waals surface area contributed by atoms with Crippen molar-refractivity contribution in [3.05, 3.63) is 81.9 Å². The summed E-state index contributed by atoms with van der Waals surface area (Å²) in [5, 5.41) is 2.43. The second-order valence-electron chi connectivity index (χ2n) is 6.60. The Bertz CT molecular complexity index is 1090. The molecule has 1 atom stereocenters. The topological polar surface area (TPSA) is 51.1 Å². The summed E-state index contributed by atoms with van der Waals surface area (Å²) < 4.78 is 55.4. The minimum Gasteiger partial charge on any atom is -0.354 e. The number of para-hydroxylation sites is 1. The van der Waals surface area contributed by atoms with Crippen LogP contribution in [0.15, 0.2) is 59.4 Å². The fraction of sp³-hybridized carbons (Fsp3) is 0.238. The van der Waals surface area contributed by atoms with Gasteiger partial charge in [-0.1, -0.05) is 36.4 Å². The van der Waals surface area contributed by atoms with Crippen molar-refractivity contribution in [2.45, 2.75) is 25.6 Å². The number of hydrogen-bond donors (Lipinski definition) is 1. The van der Waals surface area contributed by atoms with Gasteiger partial charge in [-0.2, -0.15) is 13.2 Å². The van der Waals surface area contributed by atoms with Crippen LogP contribution in [-0.2, 0) is 17.5 Å². The fourth-order valence-electron chi connectivity index (χ4n) is 3.19. The summed E-state index contributed by atoms with van der Waals surface area (Å²) in [7, 11) is 0. The standard InChI is InChI=1S/C21H18F4N2O2/c1-13(14-6-3-2-4-7-14)20(29)26-10-11-27-18(21(23,24)25)12-17(28)15-8-5-9-16(22)19(15)27/h2-9,12-13H,10-11H2,1H3,(H,26,29)/t13-/m0/s1. The van der Waals surface area contributed by atoms with Gasteiger partial charge in [0.05, 0.1) is 11.4 Å². The second kappa shape index (κ2) is 8.06. The molecule has 8 heteroatoms. The van der Waals surface area contributed by atoms with E-state index in [1.54, 1.807) is 31.2 Å². The molecule has 0 unspecified atom stereocenters. The number of nitrogens with one attached hydrogen (secondary N) is 1. The normalized spacial score (nSPS) is 12.7. The van der Waals surface area contributed by atoms with Gasteiger partial charge in [0.15, 0.2) is 5.43 Å². The summed E-state index contributed by atoms with van der Waals surface area (Å²) in [4.78, 5) is 24.4. The maximum absolute atomic E-state index is 14.3. The van der Waals surface area contributed by atoms with Gasteiger partial charge in [-0.15, -0.1) is 0 Å². The summed E-state index contributed by atoms with van der Waals surface area (Å²) in [5.41, 5.74) is -1.84. The van der Waals surface area contributed by atoms with E-state index in [9.17, 15) is 27.2 Å². The summed E-state index contributed by atoms with van der Waals surface area (Å²) in [6, 6.07) is 12.9. The minimum absolute atomic E-state index is 0.151. The van der Waals surface area contributed by atoms with Crippen LogP contribution in [0.2, 0.25) is 0 Å². The highest BCUT2D eigenvalue weighted by atomic mass is 19.4. The SMILES string of the molecule is C[C@H](C(=O)NCCn1c(C(F)(F)F)cc(=O)c2cccc(F)c21)c1ccccc1. The molecule has 29 heavy (non-hydrogen) atoms. The van der Waals surface area contributed by atoms with E-state index in [4.69, 9.17) is 0 Å². The highest BCUT2D eigenvalue weighted by molar-refractivity contribution is 5.83. The molecule has 2 aromatic carbocycles. The number of carbonyl (C=O) groups is 1. The van der Waals surface area contributed by atoms with Gasteiger partial charge < -0.3 is 9.88 Å². The summed E-state index contributed by atoms with van der Waals surface area (Å²) in [6.07, 6.45) is -4.85. The largest absolute Gasteiger partial charge is 0.431 e. The van der Waals surface area contributed by atoms with Gasteiger partial charge in [0.25, 0.3) is 0 Å². The number of pyridine rings is 1. The highest BCUT2D eigenvalue weighted by Crippen LogP contribution is 2.31. The Morgan fingerprint density at radius 3 is 2.45 bits per heavy atom. The number of benzene rings is 2. The molecule has 0 saturated carbocycles. The average molecular weight is 406 g/mol. The predicted molar refractivity (Wildman–Crippen MR) is 101 cm³/mol. The maximum Gasteiger partial charge on any atom is 0.431 e. The Kier molecular flexibility index (Phi) is 5.72. The van der Waals surface area contributed by atoms with Crippen LogP contribution in [0.3, 0.4) is 0 Å². The number of halogens is 4. The number of alkyl halides is 3. The lowest BCUT2D eigenvalue weighted by Crippen LogP contribution is -2.32.